The minimum Gasteiger partial charge on any atom is -0.271 e. The molecule has 0 aliphatic carbocycles. The minimum absolute atomic E-state index is 0.160. The van der Waals surface area contributed by atoms with E-state index in [9.17, 15) is 0 Å². The van der Waals surface area contributed by atoms with Crippen molar-refractivity contribution in [3.63, 3.8) is 0 Å². The van der Waals surface area contributed by atoms with E-state index in [1.807, 2.05) is 0 Å². The van der Waals surface area contributed by atoms with E-state index in [0.717, 1.165) is 12.8 Å². The molecule has 2 aromatic carbocycles. The van der Waals surface area contributed by atoms with E-state index in [2.05, 4.69) is 67.8 Å². The number of benzene rings is 2. The van der Waals surface area contributed by atoms with Crippen LogP contribution in [0.1, 0.15) is 41.6 Å². The maximum atomic E-state index is 5.78. The zero-order valence-corrected chi connectivity index (χ0v) is 12.4. The highest BCUT2D eigenvalue weighted by Crippen LogP contribution is 2.21. The average Bonchev–Trinajstić information content (AvgIpc) is 2.47. The van der Waals surface area contributed by atoms with E-state index in [1.54, 1.807) is 0 Å². The molecular formula is C18H24N2. The Kier molecular flexibility index (Phi) is 5.33. The fourth-order valence-electron chi connectivity index (χ4n) is 2.59. The highest BCUT2D eigenvalue weighted by Gasteiger charge is 2.12. The second-order valence-electron chi connectivity index (χ2n) is 5.34. The summed E-state index contributed by atoms with van der Waals surface area (Å²) >= 11 is 0. The topological polar surface area (TPSA) is 38.0 Å². The molecule has 20 heavy (non-hydrogen) atoms. The van der Waals surface area contributed by atoms with E-state index in [-0.39, 0.29) is 6.04 Å². The molecule has 2 rings (SSSR count). The summed E-state index contributed by atoms with van der Waals surface area (Å²) in [5.74, 6) is 5.78. The van der Waals surface area contributed by atoms with Gasteiger partial charge in [0.2, 0.25) is 0 Å². The lowest BCUT2D eigenvalue weighted by atomic mass is 9.95. The van der Waals surface area contributed by atoms with Crippen molar-refractivity contribution >= 4 is 0 Å². The van der Waals surface area contributed by atoms with Gasteiger partial charge in [-0.05, 0) is 42.0 Å². The number of rotatable bonds is 6. The molecule has 0 saturated heterocycles. The fraction of sp³-hybridized carbons (Fsp3) is 0.333. The summed E-state index contributed by atoms with van der Waals surface area (Å²) in [5.41, 5.74) is 8.27. The normalized spacial score (nSPS) is 12.3. The molecule has 0 radical (unpaired) electrons. The molecule has 0 spiro atoms. The largest absolute Gasteiger partial charge is 0.271 e. The molecular weight excluding hydrogens is 244 g/mol. The predicted octanol–water partition coefficient (Wildman–Crippen LogP) is 3.69. The zero-order chi connectivity index (χ0) is 14.4. The lowest BCUT2D eigenvalue weighted by Crippen LogP contribution is -2.29. The first-order chi connectivity index (χ1) is 9.74. The maximum absolute atomic E-state index is 5.78. The van der Waals surface area contributed by atoms with Crippen LogP contribution in [0.5, 0.6) is 0 Å². The third-order valence-corrected chi connectivity index (χ3v) is 3.78. The van der Waals surface area contributed by atoms with Crippen LogP contribution in [-0.2, 0) is 12.8 Å². The molecule has 2 heteroatoms. The average molecular weight is 268 g/mol. The van der Waals surface area contributed by atoms with Gasteiger partial charge in [-0.15, -0.1) is 0 Å². The van der Waals surface area contributed by atoms with Gasteiger partial charge < -0.3 is 0 Å². The molecule has 0 amide bonds. The standard InChI is InChI=1S/C18H24N2/c1-3-7-15-9-6-11-17(12-15)18(20-19)13-16-10-5-4-8-14(16)2/h4-6,8-12,18,20H,3,7,13,19H2,1-2H3. The van der Waals surface area contributed by atoms with Gasteiger partial charge in [-0.25, -0.2) is 0 Å². The second kappa shape index (κ2) is 7.22. The number of hydrogen-bond acceptors (Lipinski definition) is 2. The van der Waals surface area contributed by atoms with Gasteiger partial charge in [-0.2, -0.15) is 0 Å². The van der Waals surface area contributed by atoms with Gasteiger partial charge in [0.1, 0.15) is 0 Å². The first kappa shape index (κ1) is 14.8. The van der Waals surface area contributed by atoms with Gasteiger partial charge in [-0.1, -0.05) is 61.9 Å². The first-order valence-corrected chi connectivity index (χ1v) is 7.34. The second-order valence-corrected chi connectivity index (χ2v) is 5.34. The molecule has 2 nitrogen and oxygen atoms in total. The molecule has 2 aromatic rings. The molecule has 1 unspecified atom stereocenters. The van der Waals surface area contributed by atoms with Crippen molar-refractivity contribution in [3.05, 3.63) is 70.8 Å². The van der Waals surface area contributed by atoms with Crippen molar-refractivity contribution in [2.24, 2.45) is 5.84 Å². The Morgan fingerprint density at radius 1 is 1.10 bits per heavy atom. The summed E-state index contributed by atoms with van der Waals surface area (Å²) in [6.45, 7) is 4.36. The summed E-state index contributed by atoms with van der Waals surface area (Å²) in [6, 6.07) is 17.4. The Bertz CT molecular complexity index is 549. The Morgan fingerprint density at radius 2 is 1.90 bits per heavy atom. The van der Waals surface area contributed by atoms with Crippen molar-refractivity contribution in [3.8, 4) is 0 Å². The Morgan fingerprint density at radius 3 is 2.60 bits per heavy atom. The number of hydrogen-bond donors (Lipinski definition) is 2. The fourth-order valence-corrected chi connectivity index (χ4v) is 2.59. The molecule has 3 N–H and O–H groups in total. The number of nitrogens with one attached hydrogen (secondary N) is 1. The van der Waals surface area contributed by atoms with Crippen molar-refractivity contribution in [1.82, 2.24) is 5.43 Å². The van der Waals surface area contributed by atoms with Gasteiger partial charge in [0.15, 0.2) is 0 Å². The lowest BCUT2D eigenvalue weighted by molar-refractivity contribution is 0.550. The molecule has 106 valence electrons. The zero-order valence-electron chi connectivity index (χ0n) is 12.4. The van der Waals surface area contributed by atoms with Crippen LogP contribution in [0.25, 0.3) is 0 Å². The molecule has 0 aliphatic heterocycles. The van der Waals surface area contributed by atoms with E-state index in [0.29, 0.717) is 0 Å². The molecule has 0 fully saturated rings. The van der Waals surface area contributed by atoms with Crippen molar-refractivity contribution in [1.29, 1.82) is 0 Å². The monoisotopic (exact) mass is 268 g/mol. The molecule has 1 atom stereocenters. The summed E-state index contributed by atoms with van der Waals surface area (Å²) in [5, 5.41) is 0. The van der Waals surface area contributed by atoms with Crippen LogP contribution in [0.15, 0.2) is 48.5 Å². The van der Waals surface area contributed by atoms with E-state index in [1.165, 1.54) is 28.7 Å². The van der Waals surface area contributed by atoms with Crippen molar-refractivity contribution < 1.29 is 0 Å². The van der Waals surface area contributed by atoms with E-state index < -0.39 is 0 Å². The van der Waals surface area contributed by atoms with Crippen LogP contribution < -0.4 is 11.3 Å². The minimum atomic E-state index is 0.160. The smallest absolute Gasteiger partial charge is 0.0500 e. The van der Waals surface area contributed by atoms with Crippen molar-refractivity contribution in [2.75, 3.05) is 0 Å². The third-order valence-electron chi connectivity index (χ3n) is 3.78. The molecule has 0 saturated carbocycles. The summed E-state index contributed by atoms with van der Waals surface area (Å²) in [4.78, 5) is 0. The third kappa shape index (κ3) is 3.69. The van der Waals surface area contributed by atoms with Crippen LogP contribution in [-0.4, -0.2) is 0 Å². The molecule has 0 aliphatic rings. The summed E-state index contributed by atoms with van der Waals surface area (Å²) in [6.07, 6.45) is 3.20. The van der Waals surface area contributed by atoms with Crippen LogP contribution in [0.4, 0.5) is 0 Å². The number of hydrazine groups is 1. The molecule has 0 heterocycles. The van der Waals surface area contributed by atoms with Crippen LogP contribution in [0.3, 0.4) is 0 Å². The van der Waals surface area contributed by atoms with Gasteiger partial charge >= 0.3 is 0 Å². The highest BCUT2D eigenvalue weighted by atomic mass is 15.2. The van der Waals surface area contributed by atoms with E-state index >= 15 is 0 Å². The van der Waals surface area contributed by atoms with Crippen LogP contribution in [0.2, 0.25) is 0 Å². The first-order valence-electron chi connectivity index (χ1n) is 7.34. The quantitative estimate of drug-likeness (QED) is 0.619. The van der Waals surface area contributed by atoms with Gasteiger partial charge in [-0.3, -0.25) is 11.3 Å². The molecule has 0 aromatic heterocycles. The van der Waals surface area contributed by atoms with Gasteiger partial charge in [0, 0.05) is 6.04 Å². The number of nitrogens with two attached hydrogens (primary N) is 1. The Labute approximate surface area is 122 Å². The number of aryl methyl sites for hydroxylation is 2. The Balaban J connectivity index is 2.20. The van der Waals surface area contributed by atoms with Crippen molar-refractivity contribution in [2.45, 2.75) is 39.2 Å². The Hall–Kier alpha value is -1.64. The van der Waals surface area contributed by atoms with Gasteiger partial charge in [0.25, 0.3) is 0 Å². The maximum Gasteiger partial charge on any atom is 0.0500 e. The summed E-state index contributed by atoms with van der Waals surface area (Å²) < 4.78 is 0. The highest BCUT2D eigenvalue weighted by molar-refractivity contribution is 5.31. The van der Waals surface area contributed by atoms with Crippen LogP contribution >= 0.6 is 0 Å². The lowest BCUT2D eigenvalue weighted by Gasteiger charge is -2.18. The van der Waals surface area contributed by atoms with Crippen LogP contribution in [0, 0.1) is 6.92 Å². The molecule has 0 bridgehead atoms. The predicted molar refractivity (Wildman–Crippen MR) is 85.4 cm³/mol. The van der Waals surface area contributed by atoms with Gasteiger partial charge in [0.05, 0.1) is 0 Å². The van der Waals surface area contributed by atoms with E-state index in [4.69, 9.17) is 5.84 Å². The summed E-state index contributed by atoms with van der Waals surface area (Å²) in [7, 11) is 0. The SMILES string of the molecule is CCCc1cccc(C(Cc2ccccc2C)NN)c1.